The van der Waals surface area contributed by atoms with Crippen LogP contribution in [0.5, 0.6) is 0 Å². The largest absolute Gasteiger partial charge is 0.391 e. The minimum atomic E-state index is -1.43. The number of amides is 3. The van der Waals surface area contributed by atoms with Crippen LogP contribution in [0.25, 0.3) is 16.5 Å². The summed E-state index contributed by atoms with van der Waals surface area (Å²) in [6.45, 7) is 3.46. The number of para-hydroxylation sites is 1. The number of ketones is 5. The number of hydrogen-bond acceptors (Lipinski definition) is 14. The van der Waals surface area contributed by atoms with E-state index < -0.39 is 89.0 Å². The van der Waals surface area contributed by atoms with Gasteiger partial charge >= 0.3 is 0 Å². The number of allylic oxidation sites excluding steroid dienone is 1. The van der Waals surface area contributed by atoms with E-state index in [-0.39, 0.29) is 94.7 Å². The molecule has 12 atom stereocenters. The van der Waals surface area contributed by atoms with Crippen molar-refractivity contribution in [1.29, 1.82) is 0 Å². The van der Waals surface area contributed by atoms with Gasteiger partial charge in [0.05, 0.1) is 24.2 Å². The summed E-state index contributed by atoms with van der Waals surface area (Å²) in [6, 6.07) is 38.3. The highest BCUT2D eigenvalue weighted by Gasteiger charge is 2.42. The minimum absolute atomic E-state index is 0.00341. The Morgan fingerprint density at radius 2 is 1.24 bits per heavy atom. The first-order valence-electron chi connectivity index (χ1n) is 37.9. The Kier molecular flexibility index (Phi) is 29.4. The fraction of sp³-hybridized carbons (Fsp3) is 0.488. The molecule has 2 saturated heterocycles. The number of aromatic nitrogens is 1. The van der Waals surface area contributed by atoms with Crippen molar-refractivity contribution in [2.24, 2.45) is 51.8 Å². The lowest BCUT2D eigenvalue weighted by Gasteiger charge is -2.46. The molecule has 5 aromatic carbocycles. The average molecular weight is 1430 g/mol. The van der Waals surface area contributed by atoms with Crippen molar-refractivity contribution in [2.75, 3.05) is 44.7 Å². The van der Waals surface area contributed by atoms with E-state index in [9.17, 15) is 19.5 Å². The Morgan fingerprint density at radius 1 is 0.635 bits per heavy atom. The molecule has 0 saturated carbocycles. The number of rotatable bonds is 23. The molecule has 4 aliphatic rings. The number of fused-ring (bicyclic) bond motifs is 3. The Balaban J connectivity index is 0.955. The number of benzene rings is 5. The lowest BCUT2D eigenvalue weighted by molar-refractivity contribution is -0.136. The van der Waals surface area contributed by atoms with Crippen LogP contribution in [-0.2, 0) is 70.5 Å². The van der Waals surface area contributed by atoms with Gasteiger partial charge in [-0.1, -0.05) is 153 Å². The Morgan fingerprint density at radius 3 is 1.92 bits per heavy atom. The number of carbonyl (C=O) groups is 8. The molecule has 0 unspecified atom stereocenters. The van der Waals surface area contributed by atoms with Crippen molar-refractivity contribution < 1.29 is 43.5 Å². The highest BCUT2D eigenvalue weighted by molar-refractivity contribution is 7.99. The molecule has 19 nitrogen and oxygen atoms in total. The predicted octanol–water partition coefficient (Wildman–Crippen LogP) is 9.43. The van der Waals surface area contributed by atoms with Gasteiger partial charge in [0.25, 0.3) is 0 Å². The van der Waals surface area contributed by atoms with Gasteiger partial charge in [0.1, 0.15) is 11.8 Å². The summed E-state index contributed by atoms with van der Waals surface area (Å²) in [7, 11) is 2.27. The second kappa shape index (κ2) is 39.1. The first-order chi connectivity index (χ1) is 50.4. The van der Waals surface area contributed by atoms with Crippen LogP contribution in [-0.4, -0.2) is 149 Å². The zero-order valence-corrected chi connectivity index (χ0v) is 61.4. The Labute approximate surface area is 617 Å². The molecule has 0 bridgehead atoms. The number of hydrogen-bond donors (Lipinski definition) is 9. The molecule has 2 fully saturated rings. The molecule has 2 aliphatic heterocycles. The maximum atomic E-state index is 15.5. The summed E-state index contributed by atoms with van der Waals surface area (Å²) < 4.78 is 0. The number of nitrogens with one attached hydrogen (secondary N) is 5. The number of Topliss-reactive ketones (excluding diaryl/α,β-unsaturated/α-hetero) is 5. The predicted molar refractivity (Wildman–Crippen MR) is 412 cm³/mol. The fourth-order valence-corrected chi connectivity index (χ4v) is 17.2. The van der Waals surface area contributed by atoms with Crippen LogP contribution in [0.15, 0.2) is 151 Å². The van der Waals surface area contributed by atoms with E-state index >= 15 is 24.0 Å². The SMILES string of the molecule is C[C@@H](O)[C@@H]1NC(=O)[C@H](CCCCN)CC(=O)[C@@H](Cc2c[nH]c3ccccc23)NC(=O)[C@H](Cc2ccccc2)CC(=O)[C@H](Cc2ccccc2)NC(=O)[C@H](CCCN=C(N)N)CC(=O)[C@H](NCCSC[C@@H]2C[C@@H]3c4cccc5c4C(=CC5)C[C@H]3N(C)C2)CCCCCC(=O)[C@H](Cc2ccccc2)CC1=O. The lowest BCUT2D eigenvalue weighted by atomic mass is 9.70. The van der Waals surface area contributed by atoms with Gasteiger partial charge in [0.15, 0.2) is 29.1 Å². The van der Waals surface area contributed by atoms with E-state index in [2.05, 4.69) is 67.5 Å². The second-order valence-corrected chi connectivity index (χ2v) is 30.7. The number of nitrogens with zero attached hydrogens (tertiary/aromatic N) is 2. The van der Waals surface area contributed by atoms with Gasteiger partial charge in [-0.25, -0.2) is 0 Å². The number of nitrogens with two attached hydrogens (primary N) is 3. The summed E-state index contributed by atoms with van der Waals surface area (Å²) in [5.74, 6) is -4.82. The van der Waals surface area contributed by atoms with E-state index in [1.807, 2.05) is 127 Å². The molecule has 554 valence electrons. The summed E-state index contributed by atoms with van der Waals surface area (Å²) >= 11 is 1.88. The molecular formula is C84H108N10O9S. The molecule has 104 heavy (non-hydrogen) atoms. The van der Waals surface area contributed by atoms with Gasteiger partial charge in [0, 0.05) is 117 Å². The molecule has 2 aliphatic carbocycles. The molecule has 3 amide bonds. The molecule has 6 aromatic rings. The molecule has 10 rings (SSSR count). The number of aliphatic imine (C=N–C) groups is 1. The first kappa shape index (κ1) is 78.2. The number of aliphatic hydroxyl groups excluding tert-OH is 1. The third-order valence-corrected chi connectivity index (χ3v) is 23.0. The number of carbonyl (C=O) groups excluding carboxylic acids is 8. The highest BCUT2D eigenvalue weighted by atomic mass is 32.2. The highest BCUT2D eigenvalue weighted by Crippen LogP contribution is 2.49. The van der Waals surface area contributed by atoms with Crippen LogP contribution < -0.4 is 38.5 Å². The van der Waals surface area contributed by atoms with Crippen molar-refractivity contribution in [3.63, 3.8) is 0 Å². The number of piperidine rings is 1. The Bertz CT molecular complexity index is 3930. The van der Waals surface area contributed by atoms with Crippen LogP contribution in [0.4, 0.5) is 0 Å². The maximum absolute atomic E-state index is 15.5. The van der Waals surface area contributed by atoms with Crippen molar-refractivity contribution in [1.82, 2.24) is 31.2 Å². The summed E-state index contributed by atoms with van der Waals surface area (Å²) in [4.78, 5) is 131. The topological polar surface area (TPSA) is 314 Å². The molecule has 20 heteroatoms. The fourth-order valence-electron chi connectivity index (χ4n) is 16.2. The smallest absolute Gasteiger partial charge is 0.224 e. The third-order valence-electron chi connectivity index (χ3n) is 21.8. The van der Waals surface area contributed by atoms with Crippen LogP contribution in [0.3, 0.4) is 0 Å². The number of unbranched alkanes of at least 4 members (excludes halogenated alkanes) is 1. The number of likely N-dealkylation sites (N-methyl/N-ethyl adjacent to an activating group) is 1. The number of guanidine groups is 1. The van der Waals surface area contributed by atoms with Crippen LogP contribution >= 0.6 is 11.8 Å². The number of likely N-dealkylation sites (tertiary alicyclic amines) is 1. The number of H-pyrrole nitrogens is 1. The lowest BCUT2D eigenvalue weighted by Crippen LogP contribution is -2.51. The average Bonchev–Trinajstić information content (AvgIpc) is 1.48. The second-order valence-electron chi connectivity index (χ2n) is 29.6. The first-order valence-corrected chi connectivity index (χ1v) is 39.0. The van der Waals surface area contributed by atoms with Gasteiger partial charge in [-0.05, 0) is 160 Å². The van der Waals surface area contributed by atoms with Gasteiger partial charge in [-0.3, -0.25) is 43.3 Å². The molecule has 0 spiro atoms. The van der Waals surface area contributed by atoms with E-state index in [4.69, 9.17) is 17.2 Å². The zero-order valence-electron chi connectivity index (χ0n) is 60.6. The van der Waals surface area contributed by atoms with Crippen LogP contribution in [0.1, 0.15) is 155 Å². The van der Waals surface area contributed by atoms with Crippen molar-refractivity contribution in [3.8, 4) is 0 Å². The number of thioether (sulfide) groups is 1. The quantitative estimate of drug-likeness (QED) is 0.0164. The normalized spacial score (nSPS) is 25.0. The summed E-state index contributed by atoms with van der Waals surface area (Å²) in [6.07, 6.45) is 9.14. The molecule has 3 heterocycles. The van der Waals surface area contributed by atoms with Crippen LogP contribution in [0, 0.1) is 29.6 Å². The van der Waals surface area contributed by atoms with E-state index in [0.717, 1.165) is 70.5 Å². The van der Waals surface area contributed by atoms with Crippen molar-refractivity contribution in [3.05, 3.63) is 185 Å². The summed E-state index contributed by atoms with van der Waals surface area (Å²) in [5, 5.41) is 24.9. The molecule has 12 N–H and O–H groups in total. The van der Waals surface area contributed by atoms with Gasteiger partial charge in [-0.15, -0.1) is 0 Å². The minimum Gasteiger partial charge on any atom is -0.391 e. The third kappa shape index (κ3) is 22.1. The van der Waals surface area contributed by atoms with Crippen molar-refractivity contribution >= 4 is 80.8 Å². The standard InChI is InChI=1S/C84H108N10O9S/c1-54(95)80-78(100)49-63(41-55-21-7-3-8-22-55)74(96)34-14-6-13-33-70(88-39-40-104-53-58-43-68-67-31-19-28-59-35-36-60(79(59)67)46-73(68)94(2)52-58)75(97)47-62(29-20-38-89-84(86)87)81(101)91-71(44-57-25-11-5-12-26-57)77(99)50-64(42-56-23-9-4-10-24-56)83(103)92-72(45-65-51-90-69-32-16-15-30-66(65)69)76(98)48-61(82(102)93-80)27-17-18-37-85/h3-5,7-12,15-16,19,21-26,28,30-32,36,51,54,58,61-64,68,70-73,80,88,90,95H,6,13-14,17-18,20,27,29,33-35,37-50,52-53,85H2,1-2H3,(H,91,101)(H,92,103)(H,93,102)(H4,86,87,89)/t54-,58-,61-,62-,63-,64-,68-,70-,71+,72-,73-,80+/m1/s1. The zero-order chi connectivity index (χ0) is 73.5. The van der Waals surface area contributed by atoms with E-state index in [1.54, 1.807) is 6.20 Å². The maximum Gasteiger partial charge on any atom is 0.224 e. The summed E-state index contributed by atoms with van der Waals surface area (Å²) in [5.41, 5.74) is 27.3. The van der Waals surface area contributed by atoms with Crippen molar-refractivity contribution in [2.45, 2.75) is 184 Å². The molecule has 1 aromatic heterocycles. The molecular weight excluding hydrogens is 1330 g/mol. The monoisotopic (exact) mass is 1430 g/mol. The number of aliphatic hydroxyl groups is 1. The van der Waals surface area contributed by atoms with E-state index in [0.29, 0.717) is 75.9 Å². The van der Waals surface area contributed by atoms with Gasteiger partial charge in [0.2, 0.25) is 17.7 Å². The van der Waals surface area contributed by atoms with Gasteiger partial charge < -0.3 is 53.5 Å². The Hall–Kier alpha value is -8.40. The van der Waals surface area contributed by atoms with Gasteiger partial charge in [-0.2, -0.15) is 11.8 Å². The van der Waals surface area contributed by atoms with E-state index in [1.165, 1.54) is 29.2 Å². The number of aromatic amines is 1. The van der Waals surface area contributed by atoms with Crippen LogP contribution in [0.2, 0.25) is 0 Å². The molecule has 0 radical (unpaired) electrons.